The lowest BCUT2D eigenvalue weighted by Crippen LogP contribution is -2.11. The molecule has 0 bridgehead atoms. The molecule has 0 atom stereocenters. The summed E-state index contributed by atoms with van der Waals surface area (Å²) in [7, 11) is 0. The third-order valence-corrected chi connectivity index (χ3v) is 3.03. The molecule has 0 spiro atoms. The van der Waals surface area contributed by atoms with Gasteiger partial charge in [-0.15, -0.1) is 0 Å². The summed E-state index contributed by atoms with van der Waals surface area (Å²) in [5.41, 5.74) is 2.47. The van der Waals surface area contributed by atoms with Crippen molar-refractivity contribution in [1.29, 1.82) is 0 Å². The van der Waals surface area contributed by atoms with Crippen molar-refractivity contribution in [1.82, 2.24) is 14.9 Å². The van der Waals surface area contributed by atoms with Gasteiger partial charge in [0.2, 0.25) is 0 Å². The summed E-state index contributed by atoms with van der Waals surface area (Å²) >= 11 is 0. The molecular formula is C14H21N3. The summed E-state index contributed by atoms with van der Waals surface area (Å²) in [5.74, 6) is 0. The zero-order valence-corrected chi connectivity index (χ0v) is 10.7. The molecule has 0 amide bonds. The SMILES string of the molecule is CCCCn1cc(CNCC)c2cccnc21. The number of unbranched alkanes of at least 4 members (excludes halogenated alkanes) is 1. The molecule has 3 heteroatoms. The van der Waals surface area contributed by atoms with Crippen molar-refractivity contribution >= 4 is 11.0 Å². The Hall–Kier alpha value is -1.35. The van der Waals surface area contributed by atoms with Gasteiger partial charge in [0.1, 0.15) is 5.65 Å². The molecule has 92 valence electrons. The number of nitrogens with zero attached hydrogens (tertiary/aromatic N) is 2. The van der Waals surface area contributed by atoms with Crippen LogP contribution in [0.5, 0.6) is 0 Å². The van der Waals surface area contributed by atoms with E-state index >= 15 is 0 Å². The minimum absolute atomic E-state index is 0.928. The van der Waals surface area contributed by atoms with Crippen molar-refractivity contribution in [3.63, 3.8) is 0 Å². The number of nitrogens with one attached hydrogen (secondary N) is 1. The van der Waals surface area contributed by atoms with Gasteiger partial charge >= 0.3 is 0 Å². The standard InChI is InChI=1S/C14H21N3/c1-3-5-9-17-11-12(10-15-4-2)13-7-6-8-16-14(13)17/h6-8,11,15H,3-5,9-10H2,1-2H3. The average Bonchev–Trinajstić information content (AvgIpc) is 2.72. The first-order chi connectivity index (χ1) is 8.36. The molecule has 0 aromatic carbocycles. The Morgan fingerprint density at radius 2 is 2.24 bits per heavy atom. The molecule has 0 saturated heterocycles. The fraction of sp³-hybridized carbons (Fsp3) is 0.500. The van der Waals surface area contributed by atoms with Crippen molar-refractivity contribution < 1.29 is 0 Å². The fourth-order valence-electron chi connectivity index (χ4n) is 2.09. The van der Waals surface area contributed by atoms with Crippen LogP contribution in [0.4, 0.5) is 0 Å². The molecule has 17 heavy (non-hydrogen) atoms. The third-order valence-electron chi connectivity index (χ3n) is 3.03. The molecule has 0 aliphatic carbocycles. The van der Waals surface area contributed by atoms with Gasteiger partial charge in [0, 0.05) is 30.9 Å². The molecule has 0 radical (unpaired) electrons. The first-order valence-electron chi connectivity index (χ1n) is 6.50. The third kappa shape index (κ3) is 2.67. The van der Waals surface area contributed by atoms with Crippen molar-refractivity contribution in [2.24, 2.45) is 0 Å². The van der Waals surface area contributed by atoms with E-state index in [-0.39, 0.29) is 0 Å². The highest BCUT2D eigenvalue weighted by Crippen LogP contribution is 2.19. The number of aromatic nitrogens is 2. The van der Waals surface area contributed by atoms with Crippen LogP contribution in [0.3, 0.4) is 0 Å². The van der Waals surface area contributed by atoms with Crippen LogP contribution in [0, 0.1) is 0 Å². The van der Waals surface area contributed by atoms with Crippen LogP contribution in [-0.4, -0.2) is 16.1 Å². The Balaban J connectivity index is 2.32. The van der Waals surface area contributed by atoms with Crippen molar-refractivity contribution in [3.05, 3.63) is 30.1 Å². The van der Waals surface area contributed by atoms with Gasteiger partial charge in [0.25, 0.3) is 0 Å². The van der Waals surface area contributed by atoms with E-state index in [9.17, 15) is 0 Å². The normalized spacial score (nSPS) is 11.2. The van der Waals surface area contributed by atoms with Crippen LogP contribution >= 0.6 is 0 Å². The minimum atomic E-state index is 0.928. The Morgan fingerprint density at radius 3 is 3.00 bits per heavy atom. The van der Waals surface area contributed by atoms with Gasteiger partial charge in [0.15, 0.2) is 0 Å². The Morgan fingerprint density at radius 1 is 1.35 bits per heavy atom. The fourth-order valence-corrected chi connectivity index (χ4v) is 2.09. The van der Waals surface area contributed by atoms with E-state index in [0.29, 0.717) is 0 Å². The van der Waals surface area contributed by atoms with Crippen LogP contribution < -0.4 is 5.32 Å². The number of aryl methyl sites for hydroxylation is 1. The summed E-state index contributed by atoms with van der Waals surface area (Å²) in [6.07, 6.45) is 6.55. The van der Waals surface area contributed by atoms with Gasteiger partial charge in [-0.3, -0.25) is 0 Å². The molecule has 2 heterocycles. The zero-order chi connectivity index (χ0) is 12.1. The monoisotopic (exact) mass is 231 g/mol. The molecule has 0 saturated carbocycles. The van der Waals surface area contributed by atoms with Gasteiger partial charge in [-0.25, -0.2) is 4.98 Å². The second-order valence-electron chi connectivity index (χ2n) is 4.36. The van der Waals surface area contributed by atoms with Crippen LogP contribution in [0.2, 0.25) is 0 Å². The van der Waals surface area contributed by atoms with Crippen molar-refractivity contribution in [2.45, 2.75) is 39.8 Å². The van der Waals surface area contributed by atoms with Crippen molar-refractivity contribution in [3.8, 4) is 0 Å². The second-order valence-corrected chi connectivity index (χ2v) is 4.36. The summed E-state index contributed by atoms with van der Waals surface area (Å²) < 4.78 is 2.28. The van der Waals surface area contributed by atoms with Gasteiger partial charge in [-0.2, -0.15) is 0 Å². The van der Waals surface area contributed by atoms with Crippen LogP contribution in [0.15, 0.2) is 24.5 Å². The van der Waals surface area contributed by atoms with E-state index in [1.165, 1.54) is 23.8 Å². The number of fused-ring (bicyclic) bond motifs is 1. The zero-order valence-electron chi connectivity index (χ0n) is 10.7. The first-order valence-corrected chi connectivity index (χ1v) is 6.50. The Bertz CT molecular complexity index is 431. The van der Waals surface area contributed by atoms with Gasteiger partial charge < -0.3 is 9.88 Å². The largest absolute Gasteiger partial charge is 0.332 e. The smallest absolute Gasteiger partial charge is 0.140 e. The highest BCUT2D eigenvalue weighted by atomic mass is 15.0. The van der Waals surface area contributed by atoms with E-state index in [1.807, 2.05) is 12.3 Å². The molecule has 2 aromatic rings. The number of hydrogen-bond donors (Lipinski definition) is 1. The van der Waals surface area contributed by atoms with Crippen LogP contribution in [0.1, 0.15) is 32.3 Å². The molecular weight excluding hydrogens is 210 g/mol. The van der Waals surface area contributed by atoms with Crippen LogP contribution in [0.25, 0.3) is 11.0 Å². The lowest BCUT2D eigenvalue weighted by Gasteiger charge is -2.01. The second kappa shape index (κ2) is 5.82. The summed E-state index contributed by atoms with van der Waals surface area (Å²) in [4.78, 5) is 4.50. The van der Waals surface area contributed by atoms with E-state index in [2.05, 4.69) is 41.0 Å². The first kappa shape index (κ1) is 12.1. The molecule has 0 aliphatic rings. The Kier molecular flexibility index (Phi) is 4.15. The molecule has 1 N–H and O–H groups in total. The lowest BCUT2D eigenvalue weighted by atomic mass is 10.2. The predicted molar refractivity (Wildman–Crippen MR) is 72.0 cm³/mol. The van der Waals surface area contributed by atoms with Gasteiger partial charge in [-0.05, 0) is 30.7 Å². The molecule has 2 rings (SSSR count). The summed E-state index contributed by atoms with van der Waals surface area (Å²) in [6.45, 7) is 7.35. The summed E-state index contributed by atoms with van der Waals surface area (Å²) in [6, 6.07) is 4.18. The van der Waals surface area contributed by atoms with Crippen molar-refractivity contribution in [2.75, 3.05) is 6.54 Å². The maximum atomic E-state index is 4.50. The highest BCUT2D eigenvalue weighted by molar-refractivity contribution is 5.80. The molecule has 2 aromatic heterocycles. The minimum Gasteiger partial charge on any atom is -0.332 e. The van der Waals surface area contributed by atoms with E-state index in [1.54, 1.807) is 0 Å². The number of hydrogen-bond acceptors (Lipinski definition) is 2. The van der Waals surface area contributed by atoms with E-state index in [4.69, 9.17) is 0 Å². The topological polar surface area (TPSA) is 29.9 Å². The van der Waals surface area contributed by atoms with Gasteiger partial charge in [-0.1, -0.05) is 20.3 Å². The summed E-state index contributed by atoms with van der Waals surface area (Å²) in [5, 5.41) is 4.67. The maximum Gasteiger partial charge on any atom is 0.140 e. The Labute approximate surface area is 103 Å². The van der Waals surface area contributed by atoms with Crippen LogP contribution in [-0.2, 0) is 13.1 Å². The highest BCUT2D eigenvalue weighted by Gasteiger charge is 2.07. The molecule has 0 fully saturated rings. The molecule has 3 nitrogen and oxygen atoms in total. The number of rotatable bonds is 6. The predicted octanol–water partition coefficient (Wildman–Crippen LogP) is 2.95. The number of pyridine rings is 1. The lowest BCUT2D eigenvalue weighted by molar-refractivity contribution is 0.641. The maximum absolute atomic E-state index is 4.50. The molecule has 0 aliphatic heterocycles. The molecule has 0 unspecified atom stereocenters. The van der Waals surface area contributed by atoms with E-state index in [0.717, 1.165) is 25.3 Å². The van der Waals surface area contributed by atoms with E-state index < -0.39 is 0 Å². The average molecular weight is 231 g/mol. The quantitative estimate of drug-likeness (QED) is 0.828. The van der Waals surface area contributed by atoms with Gasteiger partial charge in [0.05, 0.1) is 0 Å².